The Morgan fingerprint density at radius 2 is 1.74 bits per heavy atom. The number of aromatic nitrogens is 2. The van der Waals surface area contributed by atoms with Crippen molar-refractivity contribution in [2.75, 3.05) is 11.6 Å². The maximum Gasteiger partial charge on any atom is 0.280 e. The van der Waals surface area contributed by atoms with Crippen LogP contribution in [0.4, 0.5) is 5.69 Å². The van der Waals surface area contributed by atoms with Crippen molar-refractivity contribution >= 4 is 21.4 Å². The van der Waals surface area contributed by atoms with E-state index in [-0.39, 0.29) is 16.3 Å². The number of hydrogen-bond acceptors (Lipinski definition) is 5. The van der Waals surface area contributed by atoms with Crippen LogP contribution in [0.1, 0.15) is 16.2 Å². The molecule has 0 aliphatic heterocycles. The highest BCUT2D eigenvalue weighted by atomic mass is 32.2. The van der Waals surface area contributed by atoms with Crippen molar-refractivity contribution in [2.24, 2.45) is 0 Å². The minimum Gasteiger partial charge on any atom is -0.320 e. The lowest BCUT2D eigenvalue weighted by Crippen LogP contribution is -2.26. The van der Waals surface area contributed by atoms with Gasteiger partial charge in [-0.1, -0.05) is 24.3 Å². The summed E-state index contributed by atoms with van der Waals surface area (Å²) in [5.41, 5.74) is 0.756. The van der Waals surface area contributed by atoms with Crippen molar-refractivity contribution < 1.29 is 13.2 Å². The van der Waals surface area contributed by atoms with Crippen LogP contribution < -0.4 is 10.7 Å². The molecule has 0 spiro atoms. The zero-order chi connectivity index (χ0) is 19.6. The zero-order valence-corrected chi connectivity index (χ0v) is 15.5. The van der Waals surface area contributed by atoms with E-state index in [0.29, 0.717) is 11.4 Å². The number of hydrogen-bond donors (Lipinski definition) is 1. The van der Waals surface area contributed by atoms with Crippen molar-refractivity contribution in [3.8, 4) is 5.69 Å². The first kappa shape index (κ1) is 18.5. The molecule has 1 aromatic heterocycles. The monoisotopic (exact) mass is 383 g/mol. The second kappa shape index (κ2) is 7.16. The normalized spacial score (nSPS) is 11.2. The first-order valence-electron chi connectivity index (χ1n) is 8.03. The molecule has 3 rings (SSSR count). The number of nitrogens with one attached hydrogen (secondary N) is 1. The minimum atomic E-state index is -3.42. The summed E-state index contributed by atoms with van der Waals surface area (Å²) in [5, 5.41) is 6.71. The average Bonchev–Trinajstić information content (AvgIpc) is 2.62. The molecule has 2 aromatic carbocycles. The fraction of sp³-hybridized carbons (Fsp3) is 0.105. The van der Waals surface area contributed by atoms with Crippen molar-refractivity contribution in [2.45, 2.75) is 11.8 Å². The van der Waals surface area contributed by atoms with E-state index in [1.165, 1.54) is 35.0 Å². The fourth-order valence-electron chi connectivity index (χ4n) is 2.53. The van der Waals surface area contributed by atoms with Crippen LogP contribution >= 0.6 is 0 Å². The highest BCUT2D eigenvalue weighted by Gasteiger charge is 2.16. The van der Waals surface area contributed by atoms with Crippen LogP contribution in [0.3, 0.4) is 0 Å². The van der Waals surface area contributed by atoms with Gasteiger partial charge in [0.2, 0.25) is 5.43 Å². The molecule has 1 N–H and O–H groups in total. The molecule has 138 valence electrons. The summed E-state index contributed by atoms with van der Waals surface area (Å²) < 4.78 is 24.8. The lowest BCUT2D eigenvalue weighted by Gasteiger charge is -2.11. The summed E-state index contributed by atoms with van der Waals surface area (Å²) in [7, 11) is -3.42. The number of aryl methyl sites for hydroxylation is 1. The van der Waals surface area contributed by atoms with Crippen molar-refractivity contribution in [1.29, 1.82) is 0 Å². The third-order valence-corrected chi connectivity index (χ3v) is 4.95. The summed E-state index contributed by atoms with van der Waals surface area (Å²) in [6, 6.07) is 16.3. The molecule has 0 fully saturated rings. The van der Waals surface area contributed by atoms with E-state index in [9.17, 15) is 18.0 Å². The third-order valence-electron chi connectivity index (χ3n) is 3.84. The Balaban J connectivity index is 1.97. The number of carbonyl (C=O) groups is 1. The van der Waals surface area contributed by atoms with Gasteiger partial charge in [0.25, 0.3) is 5.91 Å². The molecule has 1 amide bonds. The number of benzene rings is 2. The molecule has 0 saturated carbocycles. The summed E-state index contributed by atoms with van der Waals surface area (Å²) >= 11 is 0. The molecule has 0 unspecified atom stereocenters. The molecule has 27 heavy (non-hydrogen) atoms. The first-order valence-corrected chi connectivity index (χ1v) is 9.93. The van der Waals surface area contributed by atoms with Gasteiger partial charge in [-0.05, 0) is 37.3 Å². The van der Waals surface area contributed by atoms with Gasteiger partial charge in [-0.2, -0.15) is 5.10 Å². The fourth-order valence-corrected chi connectivity index (χ4v) is 3.20. The van der Waals surface area contributed by atoms with E-state index in [0.717, 1.165) is 6.26 Å². The predicted octanol–water partition coefficient (Wildman–Crippen LogP) is 2.20. The second-order valence-electron chi connectivity index (χ2n) is 6.00. The number of amides is 1. The SMILES string of the molecule is Cc1cc(=O)c(C(=O)Nc2cccc(S(C)(=O)=O)c2)nn1-c1ccccc1. The Labute approximate surface area is 156 Å². The number of nitrogens with zero attached hydrogens (tertiary/aromatic N) is 2. The zero-order valence-electron chi connectivity index (χ0n) is 14.7. The molecule has 0 radical (unpaired) electrons. The van der Waals surface area contributed by atoms with E-state index in [1.54, 1.807) is 6.92 Å². The van der Waals surface area contributed by atoms with Crippen LogP contribution in [-0.4, -0.2) is 30.4 Å². The maximum absolute atomic E-state index is 12.6. The molecule has 0 bridgehead atoms. The van der Waals surface area contributed by atoms with Gasteiger partial charge in [0.05, 0.1) is 10.6 Å². The molecule has 0 aliphatic rings. The van der Waals surface area contributed by atoms with Crippen molar-refractivity contribution in [3.05, 3.63) is 82.3 Å². The van der Waals surface area contributed by atoms with E-state index < -0.39 is 21.2 Å². The molecule has 7 nitrogen and oxygen atoms in total. The summed E-state index contributed by atoms with van der Waals surface area (Å²) in [5.74, 6) is -0.713. The molecule has 3 aromatic rings. The standard InChI is InChI=1S/C19H17N3O4S/c1-13-11-17(23)18(21-22(13)15-8-4-3-5-9-15)19(24)20-14-7-6-10-16(12-14)27(2,25)26/h3-12H,1-2H3,(H,20,24). The molecule has 0 atom stereocenters. The topological polar surface area (TPSA) is 98.1 Å². The lowest BCUT2D eigenvalue weighted by atomic mass is 10.2. The molecule has 0 saturated heterocycles. The van der Waals surface area contributed by atoms with E-state index in [4.69, 9.17) is 0 Å². The molecular formula is C19H17N3O4S. The maximum atomic E-state index is 12.6. The van der Waals surface area contributed by atoms with Crippen LogP contribution in [0.2, 0.25) is 0 Å². The van der Waals surface area contributed by atoms with Gasteiger partial charge in [-0.3, -0.25) is 9.59 Å². The van der Waals surface area contributed by atoms with Crippen LogP contribution in [0.5, 0.6) is 0 Å². The summed E-state index contributed by atoms with van der Waals surface area (Å²) in [4.78, 5) is 24.9. The van der Waals surface area contributed by atoms with Crippen LogP contribution in [0, 0.1) is 6.92 Å². The molecule has 8 heteroatoms. The number of para-hydroxylation sites is 1. The lowest BCUT2D eigenvalue weighted by molar-refractivity contribution is 0.101. The number of sulfone groups is 1. The van der Waals surface area contributed by atoms with E-state index in [1.807, 2.05) is 30.3 Å². The number of rotatable bonds is 4. The van der Waals surface area contributed by atoms with E-state index in [2.05, 4.69) is 10.4 Å². The van der Waals surface area contributed by atoms with Gasteiger partial charge >= 0.3 is 0 Å². The molecule has 0 aliphatic carbocycles. The Kier molecular flexibility index (Phi) is 4.91. The largest absolute Gasteiger partial charge is 0.320 e. The minimum absolute atomic E-state index is 0.0684. The van der Waals surface area contributed by atoms with Gasteiger partial charge in [-0.15, -0.1) is 0 Å². The smallest absolute Gasteiger partial charge is 0.280 e. The highest BCUT2D eigenvalue weighted by Crippen LogP contribution is 2.16. The summed E-state index contributed by atoms with van der Waals surface area (Å²) in [6.45, 7) is 1.72. The Morgan fingerprint density at radius 3 is 2.41 bits per heavy atom. The predicted molar refractivity (Wildman–Crippen MR) is 102 cm³/mol. The quantitative estimate of drug-likeness (QED) is 0.745. The van der Waals surface area contributed by atoms with Crippen LogP contribution in [-0.2, 0) is 9.84 Å². The average molecular weight is 383 g/mol. The number of anilines is 1. The van der Waals surface area contributed by atoms with Gasteiger partial charge in [-0.25, -0.2) is 13.1 Å². The molecule has 1 heterocycles. The van der Waals surface area contributed by atoms with E-state index >= 15 is 0 Å². The Hall–Kier alpha value is -3.26. The Bertz CT molecular complexity index is 1170. The van der Waals surface area contributed by atoms with Crippen LogP contribution in [0.25, 0.3) is 5.69 Å². The summed E-state index contributed by atoms with van der Waals surface area (Å²) in [6.07, 6.45) is 1.08. The van der Waals surface area contributed by atoms with Gasteiger partial charge < -0.3 is 5.32 Å². The van der Waals surface area contributed by atoms with Crippen molar-refractivity contribution in [1.82, 2.24) is 9.78 Å². The second-order valence-corrected chi connectivity index (χ2v) is 8.02. The third kappa shape index (κ3) is 4.12. The molecular weight excluding hydrogens is 366 g/mol. The van der Waals surface area contributed by atoms with Crippen molar-refractivity contribution in [3.63, 3.8) is 0 Å². The van der Waals surface area contributed by atoms with Gasteiger partial charge in [0.15, 0.2) is 15.5 Å². The number of carbonyl (C=O) groups excluding carboxylic acids is 1. The van der Waals surface area contributed by atoms with Gasteiger partial charge in [0.1, 0.15) is 0 Å². The first-order chi connectivity index (χ1) is 12.8. The van der Waals surface area contributed by atoms with Gasteiger partial charge in [0, 0.05) is 23.7 Å². The Morgan fingerprint density at radius 1 is 1.04 bits per heavy atom. The van der Waals surface area contributed by atoms with Crippen LogP contribution in [0.15, 0.2) is 70.4 Å². The highest BCUT2D eigenvalue weighted by molar-refractivity contribution is 7.90.